The molecule has 5 nitrogen and oxygen atoms in total. The van der Waals surface area contributed by atoms with Gasteiger partial charge in [-0.25, -0.2) is 0 Å². The first-order valence-corrected chi connectivity index (χ1v) is 18.9. The molecule has 0 saturated carbocycles. The van der Waals surface area contributed by atoms with Gasteiger partial charge in [0.25, 0.3) is 10.1 Å². The maximum atomic E-state index is 11.1. The van der Waals surface area contributed by atoms with E-state index in [0.29, 0.717) is 6.54 Å². The molecule has 0 saturated heterocycles. The Morgan fingerprint density at radius 2 is 0.795 bits per heavy atom. The Morgan fingerprint density at radius 1 is 0.513 bits per heavy atom. The topological polar surface area (TPSA) is 74.6 Å². The van der Waals surface area contributed by atoms with Crippen LogP contribution < -0.4 is 0 Å². The molecule has 6 heteroatoms. The summed E-state index contributed by atoms with van der Waals surface area (Å²) >= 11 is 0. The van der Waals surface area contributed by atoms with E-state index in [1.165, 1.54) is 148 Å². The van der Waals surface area contributed by atoms with Crippen molar-refractivity contribution < 1.29 is 22.6 Å². The highest BCUT2D eigenvalue weighted by molar-refractivity contribution is 7.85. The first-order chi connectivity index (χ1) is 18.8. The molecule has 0 fully saturated rings. The van der Waals surface area contributed by atoms with Crippen molar-refractivity contribution in [1.82, 2.24) is 0 Å². The maximum absolute atomic E-state index is 11.1. The van der Waals surface area contributed by atoms with E-state index in [0.717, 1.165) is 30.5 Å². The lowest BCUT2D eigenvalue weighted by atomic mass is 10.0. The molecule has 0 aromatic rings. The van der Waals surface area contributed by atoms with E-state index in [2.05, 4.69) is 20.8 Å². The molecule has 236 valence electrons. The molecule has 1 unspecified atom stereocenters. The summed E-state index contributed by atoms with van der Waals surface area (Å²) in [6.45, 7) is 9.60. The second-order valence-corrected chi connectivity index (χ2v) is 13.9. The highest BCUT2D eigenvalue weighted by Crippen LogP contribution is 2.17. The Kier molecular flexibility index (Phi) is 26.6. The van der Waals surface area contributed by atoms with Gasteiger partial charge in [-0.1, -0.05) is 148 Å². The smallest absolute Gasteiger partial charge is 0.267 e. The van der Waals surface area contributed by atoms with E-state index in [4.69, 9.17) is 4.55 Å². The third-order valence-corrected chi connectivity index (χ3v) is 9.63. The highest BCUT2D eigenvalue weighted by atomic mass is 32.2. The molecular formula is C33H70NO4S+. The van der Waals surface area contributed by atoms with Crippen LogP contribution in [0.15, 0.2) is 0 Å². The minimum Gasteiger partial charge on any atom is -0.386 e. The minimum absolute atomic E-state index is 0.395. The van der Waals surface area contributed by atoms with Gasteiger partial charge in [0.05, 0.1) is 19.6 Å². The predicted octanol–water partition coefficient (Wildman–Crippen LogP) is 9.47. The number of hydrogen-bond acceptors (Lipinski definition) is 3. The largest absolute Gasteiger partial charge is 0.386 e. The normalized spacial score (nSPS) is 13.3. The van der Waals surface area contributed by atoms with Crippen LogP contribution in [0.25, 0.3) is 0 Å². The van der Waals surface area contributed by atoms with Crippen molar-refractivity contribution in [1.29, 1.82) is 0 Å². The lowest BCUT2D eigenvalue weighted by Crippen LogP contribution is -2.53. The molecule has 0 radical (unpaired) electrons. The fourth-order valence-corrected chi connectivity index (χ4v) is 6.63. The summed E-state index contributed by atoms with van der Waals surface area (Å²) in [5.41, 5.74) is 0. The summed E-state index contributed by atoms with van der Waals surface area (Å²) in [7, 11) is -4.13. The lowest BCUT2D eigenvalue weighted by Gasteiger charge is -2.38. The average Bonchev–Trinajstić information content (AvgIpc) is 2.89. The first kappa shape index (κ1) is 38.8. The minimum atomic E-state index is -4.13. The number of nitrogens with zero attached hydrogens (tertiary/aromatic N) is 1. The second kappa shape index (κ2) is 26.7. The van der Waals surface area contributed by atoms with Crippen LogP contribution in [-0.4, -0.2) is 60.6 Å². The molecule has 0 aromatic carbocycles. The van der Waals surface area contributed by atoms with Crippen LogP contribution in [0.4, 0.5) is 0 Å². The van der Waals surface area contributed by atoms with Crippen LogP contribution in [0.5, 0.6) is 0 Å². The molecule has 0 bridgehead atoms. The van der Waals surface area contributed by atoms with Gasteiger partial charge in [-0.2, -0.15) is 8.42 Å². The number of quaternary nitrogens is 1. The van der Waals surface area contributed by atoms with Crippen molar-refractivity contribution in [2.45, 2.75) is 181 Å². The summed E-state index contributed by atoms with van der Waals surface area (Å²) in [6, 6.07) is 0. The van der Waals surface area contributed by atoms with Crippen molar-refractivity contribution in [2.75, 3.05) is 31.9 Å². The molecule has 0 rings (SSSR count). The van der Waals surface area contributed by atoms with Crippen molar-refractivity contribution >= 4 is 10.1 Å². The van der Waals surface area contributed by atoms with Crippen LogP contribution in [0.1, 0.15) is 175 Å². The van der Waals surface area contributed by atoms with Gasteiger partial charge in [-0.05, 0) is 26.7 Å². The third-order valence-electron chi connectivity index (χ3n) is 8.83. The zero-order valence-electron chi connectivity index (χ0n) is 26.6. The van der Waals surface area contributed by atoms with Gasteiger partial charge < -0.3 is 9.59 Å². The van der Waals surface area contributed by atoms with Gasteiger partial charge in [0.1, 0.15) is 18.4 Å². The summed E-state index contributed by atoms with van der Waals surface area (Å²) in [5.74, 6) is -0.563. The third kappa shape index (κ3) is 26.5. The van der Waals surface area contributed by atoms with Crippen molar-refractivity contribution in [3.63, 3.8) is 0 Å². The molecule has 0 amide bonds. The van der Waals surface area contributed by atoms with Gasteiger partial charge in [0, 0.05) is 0 Å². The Bertz CT molecular complexity index is 607. The summed E-state index contributed by atoms with van der Waals surface area (Å²) in [6.07, 6.45) is 32.4. The lowest BCUT2D eigenvalue weighted by molar-refractivity contribution is -0.927. The van der Waals surface area contributed by atoms with Gasteiger partial charge in [0.2, 0.25) is 0 Å². The number of likely N-dealkylation sites (N-methyl/N-ethyl adjacent to an activating group) is 1. The molecule has 0 aliphatic heterocycles. The number of aliphatic hydroxyl groups excluding tert-OH is 1. The molecule has 0 aliphatic rings. The van der Waals surface area contributed by atoms with Crippen LogP contribution in [0.2, 0.25) is 0 Å². The van der Waals surface area contributed by atoms with Crippen molar-refractivity contribution in [3.05, 3.63) is 0 Å². The van der Waals surface area contributed by atoms with Gasteiger partial charge >= 0.3 is 0 Å². The summed E-state index contributed by atoms with van der Waals surface area (Å²) in [4.78, 5) is 0. The highest BCUT2D eigenvalue weighted by Gasteiger charge is 2.28. The Hall–Kier alpha value is -0.170. The van der Waals surface area contributed by atoms with Crippen LogP contribution in [-0.2, 0) is 10.1 Å². The first-order valence-electron chi connectivity index (χ1n) is 17.3. The van der Waals surface area contributed by atoms with E-state index in [1.54, 1.807) is 0 Å². The predicted molar refractivity (Wildman–Crippen MR) is 170 cm³/mol. The molecule has 1 atom stereocenters. The molecule has 0 spiro atoms. The fourth-order valence-electron chi connectivity index (χ4n) is 6.04. The van der Waals surface area contributed by atoms with E-state index in [9.17, 15) is 13.5 Å². The van der Waals surface area contributed by atoms with Gasteiger partial charge in [-0.3, -0.25) is 4.55 Å². The van der Waals surface area contributed by atoms with Crippen molar-refractivity contribution in [2.24, 2.45) is 0 Å². The molecule has 2 N–H and O–H groups in total. The van der Waals surface area contributed by atoms with Crippen LogP contribution in [0, 0.1) is 0 Å². The van der Waals surface area contributed by atoms with E-state index in [-0.39, 0.29) is 0 Å². The van der Waals surface area contributed by atoms with E-state index in [1.807, 2.05) is 0 Å². The number of aliphatic hydroxyl groups is 1. The standard InChI is InChI=1S/C33H69NO4S/c1-4-7-8-9-10-11-12-13-14-15-16-17-18-19-20-21-22-23-24-25-26-27-28-29-30-34(5-2,6-3)31-33(35)32-39(36,37)38/h33,35H,4-32H2,1-3H3/p+1. The van der Waals surface area contributed by atoms with Crippen molar-refractivity contribution in [3.8, 4) is 0 Å². The van der Waals surface area contributed by atoms with Gasteiger partial charge in [0.15, 0.2) is 0 Å². The molecule has 0 aromatic heterocycles. The van der Waals surface area contributed by atoms with E-state index >= 15 is 0 Å². The molecular weight excluding hydrogens is 506 g/mol. The maximum Gasteiger partial charge on any atom is 0.267 e. The number of hydrogen-bond donors (Lipinski definition) is 2. The molecule has 0 aliphatic carbocycles. The zero-order chi connectivity index (χ0) is 29.1. The van der Waals surface area contributed by atoms with Gasteiger partial charge in [-0.15, -0.1) is 0 Å². The van der Waals surface area contributed by atoms with Crippen LogP contribution in [0.3, 0.4) is 0 Å². The Morgan fingerprint density at radius 3 is 1.05 bits per heavy atom. The molecule has 39 heavy (non-hydrogen) atoms. The zero-order valence-corrected chi connectivity index (χ0v) is 27.5. The number of rotatable bonds is 31. The monoisotopic (exact) mass is 577 g/mol. The molecule has 0 heterocycles. The fraction of sp³-hybridized carbons (Fsp3) is 1.00. The average molecular weight is 577 g/mol. The van der Waals surface area contributed by atoms with Crippen LogP contribution >= 0.6 is 0 Å². The summed E-state index contributed by atoms with van der Waals surface area (Å²) in [5, 5.41) is 10.1. The number of unbranched alkanes of at least 4 members (excludes halogenated alkanes) is 23. The van der Waals surface area contributed by atoms with E-state index < -0.39 is 22.0 Å². The Labute approximate surface area is 245 Å². The Balaban J connectivity index is 3.45. The SMILES string of the molecule is CCCCCCCCCCCCCCCCCCCCCCCCCC[N+](CC)(CC)CC(O)CS(=O)(=O)O. The summed E-state index contributed by atoms with van der Waals surface area (Å²) < 4.78 is 31.9. The second-order valence-electron chi connectivity index (χ2n) is 12.4. The quantitative estimate of drug-likeness (QED) is 0.0489.